The van der Waals surface area contributed by atoms with E-state index in [2.05, 4.69) is 0 Å². The molecular formula is C11H17NO4. The van der Waals surface area contributed by atoms with Crippen LogP contribution in [-0.2, 0) is 14.3 Å². The Balaban J connectivity index is 1.92. The quantitative estimate of drug-likeness (QED) is 0.765. The second-order valence-corrected chi connectivity index (χ2v) is 4.38. The van der Waals surface area contributed by atoms with Gasteiger partial charge in [0.05, 0.1) is 0 Å². The molecule has 0 bridgehead atoms. The molecule has 2 unspecified atom stereocenters. The summed E-state index contributed by atoms with van der Waals surface area (Å²) in [6.45, 7) is 2.63. The molecule has 1 N–H and O–H groups in total. The van der Waals surface area contributed by atoms with E-state index in [-0.39, 0.29) is 5.91 Å². The van der Waals surface area contributed by atoms with Gasteiger partial charge >= 0.3 is 5.97 Å². The smallest absolute Gasteiger partial charge is 0.332 e. The van der Waals surface area contributed by atoms with Crippen LogP contribution < -0.4 is 0 Å². The Morgan fingerprint density at radius 1 is 1.25 bits per heavy atom. The van der Waals surface area contributed by atoms with Crippen molar-refractivity contribution in [2.45, 2.75) is 50.9 Å². The molecule has 1 amide bonds. The largest absolute Gasteiger partial charge is 0.479 e. The first-order valence-electron chi connectivity index (χ1n) is 5.82. The fourth-order valence-corrected chi connectivity index (χ4v) is 2.17. The topological polar surface area (TPSA) is 66.8 Å². The molecule has 0 radical (unpaired) electrons. The van der Waals surface area contributed by atoms with Gasteiger partial charge in [-0.1, -0.05) is 0 Å². The maximum Gasteiger partial charge on any atom is 0.332 e. The summed E-state index contributed by atoms with van der Waals surface area (Å²) in [6, 6.07) is 0.366. The summed E-state index contributed by atoms with van der Waals surface area (Å²) < 4.78 is 5.25. The Hall–Kier alpha value is -1.10. The monoisotopic (exact) mass is 227 g/mol. The van der Waals surface area contributed by atoms with Gasteiger partial charge in [0.1, 0.15) is 6.10 Å². The van der Waals surface area contributed by atoms with Crippen molar-refractivity contribution in [3.8, 4) is 0 Å². The van der Waals surface area contributed by atoms with E-state index in [4.69, 9.17) is 9.84 Å². The SMILES string of the molecule is CCN(C(=O)C1CCC(C(=O)O)O1)C1CC1. The number of nitrogens with zero attached hydrogens (tertiary/aromatic N) is 1. The van der Waals surface area contributed by atoms with Gasteiger partial charge in [-0.15, -0.1) is 0 Å². The van der Waals surface area contributed by atoms with Crippen molar-refractivity contribution in [3.05, 3.63) is 0 Å². The van der Waals surface area contributed by atoms with Gasteiger partial charge in [0.2, 0.25) is 0 Å². The molecule has 16 heavy (non-hydrogen) atoms. The Labute approximate surface area is 94.4 Å². The summed E-state index contributed by atoms with van der Waals surface area (Å²) in [4.78, 5) is 24.6. The number of ether oxygens (including phenoxy) is 1. The highest BCUT2D eigenvalue weighted by Gasteiger charge is 2.40. The van der Waals surface area contributed by atoms with Gasteiger partial charge in [0.25, 0.3) is 5.91 Å². The lowest BCUT2D eigenvalue weighted by molar-refractivity contribution is -0.154. The summed E-state index contributed by atoms with van der Waals surface area (Å²) in [6.07, 6.45) is 1.75. The van der Waals surface area contributed by atoms with Crippen LogP contribution in [0.15, 0.2) is 0 Å². The standard InChI is InChI=1S/C11H17NO4/c1-2-12(7-3-4-7)10(13)8-5-6-9(16-8)11(14)15/h7-9H,2-6H2,1H3,(H,14,15). The third kappa shape index (κ3) is 2.19. The summed E-state index contributed by atoms with van der Waals surface area (Å²) in [5.41, 5.74) is 0. The number of carbonyl (C=O) groups excluding carboxylic acids is 1. The molecule has 0 aromatic carbocycles. The van der Waals surface area contributed by atoms with Crippen LogP contribution in [-0.4, -0.2) is 46.7 Å². The molecule has 2 aliphatic rings. The summed E-state index contributed by atoms with van der Waals surface area (Å²) in [5.74, 6) is -1.00. The van der Waals surface area contributed by atoms with Crippen molar-refractivity contribution in [2.24, 2.45) is 0 Å². The van der Waals surface area contributed by atoms with Crippen molar-refractivity contribution in [1.82, 2.24) is 4.90 Å². The molecule has 5 nitrogen and oxygen atoms in total. The molecule has 0 spiro atoms. The van der Waals surface area contributed by atoms with Gasteiger partial charge in [-0.3, -0.25) is 4.79 Å². The molecule has 1 aliphatic heterocycles. The van der Waals surface area contributed by atoms with Crippen LogP contribution >= 0.6 is 0 Å². The number of amides is 1. The average Bonchev–Trinajstić information content (AvgIpc) is 2.96. The van der Waals surface area contributed by atoms with E-state index in [1.165, 1.54) is 0 Å². The lowest BCUT2D eigenvalue weighted by Gasteiger charge is -2.23. The number of carbonyl (C=O) groups is 2. The highest BCUT2D eigenvalue weighted by atomic mass is 16.5. The van der Waals surface area contributed by atoms with Crippen LogP contribution in [0, 0.1) is 0 Å². The molecule has 0 aromatic rings. The van der Waals surface area contributed by atoms with Gasteiger partial charge in [-0.25, -0.2) is 4.79 Å². The summed E-state index contributed by atoms with van der Waals surface area (Å²) in [5, 5.41) is 8.78. The molecule has 1 saturated heterocycles. The van der Waals surface area contributed by atoms with Crippen LogP contribution in [0.1, 0.15) is 32.6 Å². The second kappa shape index (κ2) is 4.41. The molecule has 0 aromatic heterocycles. The Bertz CT molecular complexity index is 300. The summed E-state index contributed by atoms with van der Waals surface area (Å²) >= 11 is 0. The zero-order valence-corrected chi connectivity index (χ0v) is 9.39. The first kappa shape index (κ1) is 11.4. The Kier molecular flexibility index (Phi) is 3.14. The minimum Gasteiger partial charge on any atom is -0.479 e. The van der Waals surface area contributed by atoms with Gasteiger partial charge < -0.3 is 14.7 Å². The molecule has 2 rings (SSSR count). The Morgan fingerprint density at radius 2 is 1.88 bits per heavy atom. The van der Waals surface area contributed by atoms with Crippen molar-refractivity contribution < 1.29 is 19.4 Å². The number of hydrogen-bond acceptors (Lipinski definition) is 3. The first-order chi connectivity index (χ1) is 7.63. The maximum atomic E-state index is 12.0. The van der Waals surface area contributed by atoms with Crippen LogP contribution in [0.5, 0.6) is 0 Å². The van der Waals surface area contributed by atoms with Gasteiger partial charge in [-0.2, -0.15) is 0 Å². The number of carboxylic acids is 1. The highest BCUT2D eigenvalue weighted by molar-refractivity contribution is 5.83. The fourth-order valence-electron chi connectivity index (χ4n) is 2.17. The average molecular weight is 227 g/mol. The second-order valence-electron chi connectivity index (χ2n) is 4.38. The van der Waals surface area contributed by atoms with Gasteiger partial charge in [0.15, 0.2) is 6.10 Å². The molecule has 2 atom stereocenters. The number of likely N-dealkylation sites (N-methyl/N-ethyl adjacent to an activating group) is 1. The van der Waals surface area contributed by atoms with E-state index in [1.54, 1.807) is 0 Å². The van der Waals surface area contributed by atoms with E-state index in [0.29, 0.717) is 25.4 Å². The van der Waals surface area contributed by atoms with E-state index in [1.807, 2.05) is 11.8 Å². The van der Waals surface area contributed by atoms with Crippen molar-refractivity contribution in [2.75, 3.05) is 6.54 Å². The molecule has 1 aliphatic carbocycles. The normalized spacial score (nSPS) is 29.1. The summed E-state index contributed by atoms with van der Waals surface area (Å²) in [7, 11) is 0. The third-order valence-electron chi connectivity index (χ3n) is 3.18. The number of carboxylic acid groups (broad SMARTS) is 1. The minimum absolute atomic E-state index is 0.0336. The van der Waals surface area contributed by atoms with E-state index < -0.39 is 18.2 Å². The first-order valence-corrected chi connectivity index (χ1v) is 5.82. The van der Waals surface area contributed by atoms with E-state index in [9.17, 15) is 9.59 Å². The number of hydrogen-bond donors (Lipinski definition) is 1. The third-order valence-corrected chi connectivity index (χ3v) is 3.18. The lowest BCUT2D eigenvalue weighted by Crippen LogP contribution is -2.41. The Morgan fingerprint density at radius 3 is 2.31 bits per heavy atom. The van der Waals surface area contributed by atoms with Crippen LogP contribution in [0.2, 0.25) is 0 Å². The zero-order valence-electron chi connectivity index (χ0n) is 9.39. The van der Waals surface area contributed by atoms with E-state index >= 15 is 0 Å². The van der Waals surface area contributed by atoms with Crippen molar-refractivity contribution in [3.63, 3.8) is 0 Å². The van der Waals surface area contributed by atoms with E-state index in [0.717, 1.165) is 12.8 Å². The van der Waals surface area contributed by atoms with Crippen LogP contribution in [0.4, 0.5) is 0 Å². The molecule has 1 saturated carbocycles. The van der Waals surface area contributed by atoms with Crippen LogP contribution in [0.3, 0.4) is 0 Å². The van der Waals surface area contributed by atoms with Gasteiger partial charge in [-0.05, 0) is 32.6 Å². The van der Waals surface area contributed by atoms with Crippen molar-refractivity contribution >= 4 is 11.9 Å². The fraction of sp³-hybridized carbons (Fsp3) is 0.818. The van der Waals surface area contributed by atoms with Crippen LogP contribution in [0.25, 0.3) is 0 Å². The van der Waals surface area contributed by atoms with Gasteiger partial charge in [0, 0.05) is 12.6 Å². The molecule has 5 heteroatoms. The molecule has 90 valence electrons. The molecule has 2 fully saturated rings. The predicted octanol–water partition coefficient (Wildman–Crippen LogP) is 0.629. The highest BCUT2D eigenvalue weighted by Crippen LogP contribution is 2.29. The molecular weight excluding hydrogens is 210 g/mol. The molecule has 1 heterocycles. The van der Waals surface area contributed by atoms with Crippen molar-refractivity contribution in [1.29, 1.82) is 0 Å². The maximum absolute atomic E-state index is 12.0. The number of aliphatic carboxylic acids is 1. The number of rotatable bonds is 4. The predicted molar refractivity (Wildman–Crippen MR) is 55.9 cm³/mol. The lowest BCUT2D eigenvalue weighted by atomic mass is 10.2. The zero-order chi connectivity index (χ0) is 11.7. The minimum atomic E-state index is -0.968.